The van der Waals surface area contributed by atoms with E-state index >= 15 is 0 Å². The highest BCUT2D eigenvalue weighted by Crippen LogP contribution is 2.29. The molecule has 3 rings (SSSR count). The fourth-order valence-corrected chi connectivity index (χ4v) is 3.18. The predicted molar refractivity (Wildman–Crippen MR) is 87.3 cm³/mol. The third kappa shape index (κ3) is 4.40. The van der Waals surface area contributed by atoms with Crippen LogP contribution in [0.1, 0.15) is 44.2 Å². The Morgan fingerprint density at radius 1 is 1.18 bits per heavy atom. The molecule has 0 amide bonds. The van der Waals surface area contributed by atoms with E-state index in [0.717, 1.165) is 44.5 Å². The van der Waals surface area contributed by atoms with Gasteiger partial charge in [-0.2, -0.15) is 0 Å². The van der Waals surface area contributed by atoms with Gasteiger partial charge >= 0.3 is 0 Å². The second-order valence-electron chi connectivity index (χ2n) is 6.50. The molecule has 5 heteroatoms. The van der Waals surface area contributed by atoms with Gasteiger partial charge < -0.3 is 5.32 Å². The highest BCUT2D eigenvalue weighted by molar-refractivity contribution is 5.85. The summed E-state index contributed by atoms with van der Waals surface area (Å²) in [5, 5.41) is 3.65. The number of benzene rings is 1. The molecule has 0 radical (unpaired) electrons. The predicted octanol–water partition coefficient (Wildman–Crippen LogP) is 3.91. The zero-order valence-electron chi connectivity index (χ0n) is 13.0. The van der Waals surface area contributed by atoms with Crippen molar-refractivity contribution in [3.8, 4) is 0 Å². The van der Waals surface area contributed by atoms with E-state index in [-0.39, 0.29) is 18.4 Å². The number of nitrogens with one attached hydrogen (secondary N) is 1. The quantitative estimate of drug-likeness (QED) is 0.880. The average Bonchev–Trinajstić information content (AvgIpc) is 3.29. The van der Waals surface area contributed by atoms with Gasteiger partial charge in [-0.15, -0.1) is 12.4 Å². The van der Waals surface area contributed by atoms with Gasteiger partial charge in [0, 0.05) is 36.8 Å². The summed E-state index contributed by atoms with van der Waals surface area (Å²) < 4.78 is 26.9. The Hall–Kier alpha value is -0.710. The van der Waals surface area contributed by atoms with E-state index < -0.39 is 11.6 Å². The number of piperidine rings is 1. The smallest absolute Gasteiger partial charge is 0.130 e. The van der Waals surface area contributed by atoms with Crippen molar-refractivity contribution in [2.75, 3.05) is 19.6 Å². The van der Waals surface area contributed by atoms with Crippen LogP contribution in [0.2, 0.25) is 0 Å². The highest BCUT2D eigenvalue weighted by Gasteiger charge is 2.27. The van der Waals surface area contributed by atoms with Gasteiger partial charge in [0.1, 0.15) is 11.6 Å². The number of hydrogen-bond acceptors (Lipinski definition) is 2. The van der Waals surface area contributed by atoms with Crippen LogP contribution in [0.25, 0.3) is 0 Å². The minimum atomic E-state index is -0.508. The summed E-state index contributed by atoms with van der Waals surface area (Å²) in [6.45, 7) is 5.11. The van der Waals surface area contributed by atoms with Gasteiger partial charge in [0.15, 0.2) is 0 Å². The number of likely N-dealkylation sites (tertiary alicyclic amines) is 1. The lowest BCUT2D eigenvalue weighted by Crippen LogP contribution is -2.44. The van der Waals surface area contributed by atoms with Crippen molar-refractivity contribution in [1.29, 1.82) is 0 Å². The summed E-state index contributed by atoms with van der Waals surface area (Å²) in [4.78, 5) is 2.30. The van der Waals surface area contributed by atoms with Crippen LogP contribution in [-0.2, 0) is 0 Å². The SMILES string of the molecule is CC(c1ccc(F)cc1F)N1CCC(NCC2CC2)CC1.Cl. The molecule has 2 aliphatic rings. The van der Waals surface area contributed by atoms with Crippen LogP contribution in [0, 0.1) is 17.6 Å². The molecule has 1 aromatic carbocycles. The molecule has 1 saturated heterocycles. The van der Waals surface area contributed by atoms with E-state index in [2.05, 4.69) is 10.2 Å². The van der Waals surface area contributed by atoms with E-state index in [9.17, 15) is 8.78 Å². The van der Waals surface area contributed by atoms with Gasteiger partial charge in [0.25, 0.3) is 0 Å². The van der Waals surface area contributed by atoms with Crippen LogP contribution < -0.4 is 5.32 Å². The van der Waals surface area contributed by atoms with Crippen molar-refractivity contribution in [3.63, 3.8) is 0 Å². The molecule has 22 heavy (non-hydrogen) atoms. The van der Waals surface area contributed by atoms with Crippen molar-refractivity contribution in [2.45, 2.75) is 44.7 Å². The van der Waals surface area contributed by atoms with Gasteiger partial charge in [0.05, 0.1) is 0 Å². The molecule has 1 aromatic rings. The molecule has 124 valence electrons. The number of rotatable bonds is 5. The molecule has 0 spiro atoms. The first-order valence-electron chi connectivity index (χ1n) is 8.06. The molecule has 1 aliphatic carbocycles. The molecule has 1 saturated carbocycles. The van der Waals surface area contributed by atoms with Crippen molar-refractivity contribution in [3.05, 3.63) is 35.4 Å². The van der Waals surface area contributed by atoms with Gasteiger partial charge in [-0.05, 0) is 51.1 Å². The van der Waals surface area contributed by atoms with Crippen molar-refractivity contribution < 1.29 is 8.78 Å². The second-order valence-corrected chi connectivity index (χ2v) is 6.50. The summed E-state index contributed by atoms with van der Waals surface area (Å²) in [6, 6.07) is 4.52. The Bertz CT molecular complexity index is 486. The molecular formula is C17H25ClF2N2. The lowest BCUT2D eigenvalue weighted by Gasteiger charge is -2.36. The maximum atomic E-state index is 13.9. The normalized spacial score (nSPS) is 21.4. The Morgan fingerprint density at radius 2 is 1.86 bits per heavy atom. The van der Waals surface area contributed by atoms with Crippen LogP contribution in [0.3, 0.4) is 0 Å². The van der Waals surface area contributed by atoms with Crippen LogP contribution in [0.5, 0.6) is 0 Å². The van der Waals surface area contributed by atoms with E-state index in [0.29, 0.717) is 11.6 Å². The molecule has 0 aromatic heterocycles. The molecule has 0 bridgehead atoms. The summed E-state index contributed by atoms with van der Waals surface area (Å²) >= 11 is 0. The minimum absolute atomic E-state index is 0. The third-order valence-corrected chi connectivity index (χ3v) is 4.88. The van der Waals surface area contributed by atoms with Gasteiger partial charge in [-0.1, -0.05) is 6.07 Å². The number of hydrogen-bond donors (Lipinski definition) is 1. The Kier molecular flexibility index (Phi) is 6.18. The van der Waals surface area contributed by atoms with Gasteiger partial charge in [-0.3, -0.25) is 4.90 Å². The lowest BCUT2D eigenvalue weighted by atomic mass is 9.99. The Morgan fingerprint density at radius 3 is 2.45 bits per heavy atom. The first kappa shape index (κ1) is 17.6. The van der Waals surface area contributed by atoms with Gasteiger partial charge in [-0.25, -0.2) is 8.78 Å². The number of nitrogens with zero attached hydrogens (tertiary/aromatic N) is 1. The Labute approximate surface area is 137 Å². The minimum Gasteiger partial charge on any atom is -0.314 e. The summed E-state index contributed by atoms with van der Waals surface area (Å²) in [6.07, 6.45) is 4.99. The zero-order chi connectivity index (χ0) is 14.8. The molecule has 2 nitrogen and oxygen atoms in total. The molecule has 1 heterocycles. The fourth-order valence-electron chi connectivity index (χ4n) is 3.18. The van der Waals surface area contributed by atoms with Crippen molar-refractivity contribution >= 4 is 12.4 Å². The lowest BCUT2D eigenvalue weighted by molar-refractivity contribution is 0.150. The molecular weight excluding hydrogens is 306 g/mol. The Balaban J connectivity index is 0.00000176. The van der Waals surface area contributed by atoms with Crippen LogP contribution in [0.15, 0.2) is 18.2 Å². The number of halogens is 3. The van der Waals surface area contributed by atoms with Crippen LogP contribution >= 0.6 is 12.4 Å². The molecule has 1 atom stereocenters. The molecule has 1 unspecified atom stereocenters. The highest BCUT2D eigenvalue weighted by atomic mass is 35.5. The van der Waals surface area contributed by atoms with Crippen molar-refractivity contribution in [1.82, 2.24) is 10.2 Å². The van der Waals surface area contributed by atoms with E-state index in [1.807, 2.05) is 6.92 Å². The van der Waals surface area contributed by atoms with E-state index in [4.69, 9.17) is 0 Å². The summed E-state index contributed by atoms with van der Waals surface area (Å²) in [5.74, 6) is -0.0295. The molecule has 1 N–H and O–H groups in total. The second kappa shape index (κ2) is 7.71. The zero-order valence-corrected chi connectivity index (χ0v) is 13.8. The first-order chi connectivity index (χ1) is 10.1. The standard InChI is InChI=1S/C17H24F2N2.ClH/c1-12(16-5-4-14(18)10-17(16)19)21-8-6-15(7-9-21)20-11-13-2-3-13;/h4-5,10,12-13,15,20H,2-3,6-9,11H2,1H3;1H. The van der Waals surface area contributed by atoms with Crippen LogP contribution in [0.4, 0.5) is 8.78 Å². The monoisotopic (exact) mass is 330 g/mol. The molecule has 2 fully saturated rings. The topological polar surface area (TPSA) is 15.3 Å². The van der Waals surface area contributed by atoms with Crippen molar-refractivity contribution in [2.24, 2.45) is 5.92 Å². The van der Waals surface area contributed by atoms with E-state index in [1.165, 1.54) is 18.9 Å². The van der Waals surface area contributed by atoms with Crippen LogP contribution in [-0.4, -0.2) is 30.6 Å². The molecule has 1 aliphatic heterocycles. The first-order valence-corrected chi connectivity index (χ1v) is 8.06. The average molecular weight is 331 g/mol. The maximum Gasteiger partial charge on any atom is 0.130 e. The largest absolute Gasteiger partial charge is 0.314 e. The van der Waals surface area contributed by atoms with E-state index in [1.54, 1.807) is 6.07 Å². The summed E-state index contributed by atoms with van der Waals surface area (Å²) in [7, 11) is 0. The third-order valence-electron chi connectivity index (χ3n) is 4.88. The summed E-state index contributed by atoms with van der Waals surface area (Å²) in [5.41, 5.74) is 0.598. The van der Waals surface area contributed by atoms with Gasteiger partial charge in [0.2, 0.25) is 0 Å². The maximum absolute atomic E-state index is 13.9. The fraction of sp³-hybridized carbons (Fsp3) is 0.647.